The Morgan fingerprint density at radius 3 is 2.40 bits per heavy atom. The van der Waals surface area contributed by atoms with Gasteiger partial charge in [0.15, 0.2) is 0 Å². The number of nitrogens with zero attached hydrogens (tertiary/aromatic N) is 1. The molecular weight excluding hydrogens is 196 g/mol. The average Bonchev–Trinajstić information content (AvgIpc) is 2.13. The van der Waals surface area contributed by atoms with E-state index in [4.69, 9.17) is 10.5 Å². The lowest BCUT2D eigenvalue weighted by Crippen LogP contribution is -2.40. The monoisotopic (exact) mass is 216 g/mol. The third-order valence-corrected chi connectivity index (χ3v) is 2.16. The normalized spacial score (nSPS) is 12.5. The van der Waals surface area contributed by atoms with Gasteiger partial charge in [0.2, 0.25) is 5.91 Å². The van der Waals surface area contributed by atoms with Crippen LogP contribution in [0.4, 0.5) is 0 Å². The Labute approximate surface area is 90.6 Å². The van der Waals surface area contributed by atoms with Gasteiger partial charge in [0.25, 0.3) is 0 Å². The highest BCUT2D eigenvalue weighted by Gasteiger charge is 2.17. The maximum atomic E-state index is 11.2. The SMILES string of the molecule is CCOC(=O)CC(C)N(CC)CC(N)=O. The molecule has 1 unspecified atom stereocenters. The summed E-state index contributed by atoms with van der Waals surface area (Å²) in [4.78, 5) is 23.8. The summed E-state index contributed by atoms with van der Waals surface area (Å²) in [6, 6.07) is -0.0263. The number of nitrogens with two attached hydrogens (primary N) is 1. The smallest absolute Gasteiger partial charge is 0.307 e. The van der Waals surface area contributed by atoms with Gasteiger partial charge in [-0.3, -0.25) is 14.5 Å². The van der Waals surface area contributed by atoms with Crippen molar-refractivity contribution >= 4 is 11.9 Å². The van der Waals surface area contributed by atoms with Crippen molar-refractivity contribution in [1.29, 1.82) is 0 Å². The zero-order valence-electron chi connectivity index (χ0n) is 9.66. The Hall–Kier alpha value is -1.10. The molecule has 0 aliphatic rings. The standard InChI is InChI=1S/C10H20N2O3/c1-4-12(7-9(11)13)8(3)6-10(14)15-5-2/h8H,4-7H2,1-3H3,(H2,11,13). The third-order valence-electron chi connectivity index (χ3n) is 2.16. The molecule has 2 N–H and O–H groups in total. The molecular formula is C10H20N2O3. The molecule has 0 spiro atoms. The van der Waals surface area contributed by atoms with Crippen molar-refractivity contribution < 1.29 is 14.3 Å². The number of esters is 1. The van der Waals surface area contributed by atoms with E-state index in [1.54, 1.807) is 6.92 Å². The number of amides is 1. The van der Waals surface area contributed by atoms with Crippen LogP contribution in [0.15, 0.2) is 0 Å². The Balaban J connectivity index is 4.08. The van der Waals surface area contributed by atoms with Crippen LogP contribution in [0.1, 0.15) is 27.2 Å². The minimum Gasteiger partial charge on any atom is -0.466 e. The highest BCUT2D eigenvalue weighted by atomic mass is 16.5. The van der Waals surface area contributed by atoms with E-state index < -0.39 is 0 Å². The fourth-order valence-electron chi connectivity index (χ4n) is 1.37. The van der Waals surface area contributed by atoms with Crippen molar-refractivity contribution in [2.24, 2.45) is 5.73 Å². The summed E-state index contributed by atoms with van der Waals surface area (Å²) in [5.74, 6) is -0.625. The predicted molar refractivity (Wildman–Crippen MR) is 57.2 cm³/mol. The van der Waals surface area contributed by atoms with Gasteiger partial charge >= 0.3 is 5.97 Å². The number of rotatable bonds is 7. The number of hydrogen-bond acceptors (Lipinski definition) is 4. The van der Waals surface area contributed by atoms with E-state index in [-0.39, 0.29) is 30.9 Å². The summed E-state index contributed by atoms with van der Waals surface area (Å²) in [6.45, 7) is 6.81. The van der Waals surface area contributed by atoms with Crippen LogP contribution in [-0.2, 0) is 14.3 Å². The Kier molecular flexibility index (Phi) is 6.70. The van der Waals surface area contributed by atoms with Gasteiger partial charge in [-0.1, -0.05) is 6.92 Å². The zero-order valence-corrected chi connectivity index (χ0v) is 9.66. The van der Waals surface area contributed by atoms with Crippen LogP contribution < -0.4 is 5.73 Å². The summed E-state index contributed by atoms with van der Waals surface area (Å²) in [5.41, 5.74) is 5.10. The van der Waals surface area contributed by atoms with Gasteiger partial charge in [0.05, 0.1) is 19.6 Å². The largest absolute Gasteiger partial charge is 0.466 e. The first-order valence-electron chi connectivity index (χ1n) is 5.19. The second-order valence-electron chi connectivity index (χ2n) is 3.39. The van der Waals surface area contributed by atoms with Gasteiger partial charge in [-0.25, -0.2) is 0 Å². The van der Waals surface area contributed by atoms with E-state index in [9.17, 15) is 9.59 Å². The molecule has 0 bridgehead atoms. The molecule has 0 aromatic heterocycles. The summed E-state index contributed by atoms with van der Waals surface area (Å²) in [7, 11) is 0. The van der Waals surface area contributed by atoms with E-state index in [1.165, 1.54) is 0 Å². The first-order valence-corrected chi connectivity index (χ1v) is 5.19. The van der Waals surface area contributed by atoms with Crippen LogP contribution in [0.2, 0.25) is 0 Å². The maximum absolute atomic E-state index is 11.2. The summed E-state index contributed by atoms with van der Waals surface area (Å²) >= 11 is 0. The number of primary amides is 1. The number of carbonyl (C=O) groups excluding carboxylic acids is 2. The third kappa shape index (κ3) is 6.06. The molecule has 0 heterocycles. The van der Waals surface area contributed by atoms with E-state index in [0.717, 1.165) is 0 Å². The molecule has 0 saturated heterocycles. The molecule has 1 atom stereocenters. The lowest BCUT2D eigenvalue weighted by atomic mass is 10.2. The molecule has 0 aromatic rings. The van der Waals surface area contributed by atoms with Crippen molar-refractivity contribution in [2.45, 2.75) is 33.2 Å². The topological polar surface area (TPSA) is 72.6 Å². The number of likely N-dealkylation sites (N-methyl/N-ethyl adjacent to an activating group) is 1. The van der Waals surface area contributed by atoms with Crippen molar-refractivity contribution in [3.63, 3.8) is 0 Å². The van der Waals surface area contributed by atoms with Crippen molar-refractivity contribution in [3.8, 4) is 0 Å². The molecule has 5 nitrogen and oxygen atoms in total. The Morgan fingerprint density at radius 1 is 1.40 bits per heavy atom. The van der Waals surface area contributed by atoms with Gasteiger partial charge in [0.1, 0.15) is 0 Å². The summed E-state index contributed by atoms with van der Waals surface area (Å²) in [5, 5.41) is 0. The highest BCUT2D eigenvalue weighted by molar-refractivity contribution is 5.76. The summed E-state index contributed by atoms with van der Waals surface area (Å²) in [6.07, 6.45) is 0.287. The van der Waals surface area contributed by atoms with E-state index in [0.29, 0.717) is 13.2 Å². The van der Waals surface area contributed by atoms with Crippen LogP contribution in [0.3, 0.4) is 0 Å². The van der Waals surface area contributed by atoms with Crippen molar-refractivity contribution in [1.82, 2.24) is 4.90 Å². The number of carbonyl (C=O) groups is 2. The minimum absolute atomic E-state index is 0.0263. The molecule has 0 rings (SSSR count). The molecule has 0 saturated carbocycles. The van der Waals surface area contributed by atoms with Crippen LogP contribution in [0.5, 0.6) is 0 Å². The van der Waals surface area contributed by atoms with Gasteiger partial charge in [-0.05, 0) is 20.4 Å². The Morgan fingerprint density at radius 2 is 2.00 bits per heavy atom. The average molecular weight is 216 g/mol. The Bertz CT molecular complexity index is 219. The van der Waals surface area contributed by atoms with Crippen molar-refractivity contribution in [3.05, 3.63) is 0 Å². The fraction of sp³-hybridized carbons (Fsp3) is 0.800. The molecule has 1 amide bonds. The summed E-state index contributed by atoms with van der Waals surface area (Å²) < 4.78 is 4.83. The van der Waals surface area contributed by atoms with E-state index in [1.807, 2.05) is 18.7 Å². The molecule has 0 aliphatic heterocycles. The second-order valence-corrected chi connectivity index (χ2v) is 3.39. The minimum atomic E-state index is -0.382. The van der Waals surface area contributed by atoms with Gasteiger partial charge in [-0.2, -0.15) is 0 Å². The molecule has 15 heavy (non-hydrogen) atoms. The number of ether oxygens (including phenoxy) is 1. The van der Waals surface area contributed by atoms with E-state index >= 15 is 0 Å². The van der Waals surface area contributed by atoms with Crippen LogP contribution >= 0.6 is 0 Å². The lowest BCUT2D eigenvalue weighted by Gasteiger charge is -2.25. The highest BCUT2D eigenvalue weighted by Crippen LogP contribution is 2.04. The fourth-order valence-corrected chi connectivity index (χ4v) is 1.37. The molecule has 5 heteroatoms. The molecule has 0 radical (unpaired) electrons. The van der Waals surface area contributed by atoms with Gasteiger partial charge < -0.3 is 10.5 Å². The number of hydrogen-bond donors (Lipinski definition) is 1. The molecule has 0 fully saturated rings. The molecule has 88 valence electrons. The first kappa shape index (κ1) is 13.9. The quantitative estimate of drug-likeness (QED) is 0.614. The lowest BCUT2D eigenvalue weighted by molar-refractivity contribution is -0.144. The van der Waals surface area contributed by atoms with Gasteiger partial charge in [-0.15, -0.1) is 0 Å². The van der Waals surface area contributed by atoms with Crippen LogP contribution in [0, 0.1) is 0 Å². The second kappa shape index (κ2) is 7.23. The van der Waals surface area contributed by atoms with Crippen molar-refractivity contribution in [2.75, 3.05) is 19.7 Å². The first-order chi connectivity index (χ1) is 7.01. The predicted octanol–water partition coefficient (Wildman–Crippen LogP) is 0.135. The molecule has 0 aliphatic carbocycles. The van der Waals surface area contributed by atoms with Gasteiger partial charge in [0, 0.05) is 6.04 Å². The maximum Gasteiger partial charge on any atom is 0.307 e. The van der Waals surface area contributed by atoms with Crippen LogP contribution in [0.25, 0.3) is 0 Å². The zero-order chi connectivity index (χ0) is 11.8. The van der Waals surface area contributed by atoms with Crippen LogP contribution in [-0.4, -0.2) is 42.5 Å². The molecule has 0 aromatic carbocycles. The van der Waals surface area contributed by atoms with E-state index in [2.05, 4.69) is 0 Å².